The number of imidazole rings is 1. The highest BCUT2D eigenvalue weighted by molar-refractivity contribution is 7.98. The number of carbonyl (C=O) groups is 1. The largest absolute Gasteiger partial charge is 0.462 e. The number of thioether (sulfide) groups is 1. The standard InChI is InChI=1S/C21H24N2O2S/c1-5-23-19-10-9-16(20(24)25-6-2)12-18(19)22-21(23)26-13-17-11-14(3)7-8-15(17)4/h7-12H,5-6,13H2,1-4H3. The highest BCUT2D eigenvalue weighted by Crippen LogP contribution is 2.28. The number of aryl methyl sites for hydroxylation is 3. The van der Waals surface area contributed by atoms with Crippen LogP contribution in [0.1, 0.15) is 40.9 Å². The molecule has 3 aromatic rings. The van der Waals surface area contributed by atoms with Crippen molar-refractivity contribution >= 4 is 28.8 Å². The Morgan fingerprint density at radius 2 is 1.96 bits per heavy atom. The summed E-state index contributed by atoms with van der Waals surface area (Å²) >= 11 is 1.73. The van der Waals surface area contributed by atoms with Crippen molar-refractivity contribution in [2.24, 2.45) is 0 Å². The first kappa shape index (κ1) is 18.5. The number of aromatic nitrogens is 2. The third-order valence-electron chi connectivity index (χ3n) is 4.40. The van der Waals surface area contributed by atoms with Crippen molar-refractivity contribution in [3.05, 3.63) is 58.7 Å². The number of carbonyl (C=O) groups excluding carboxylic acids is 1. The first-order valence-electron chi connectivity index (χ1n) is 8.89. The zero-order valence-electron chi connectivity index (χ0n) is 15.7. The molecule has 0 unspecified atom stereocenters. The lowest BCUT2D eigenvalue weighted by Gasteiger charge is -2.08. The molecule has 0 atom stereocenters. The number of ether oxygens (including phenoxy) is 1. The van der Waals surface area contributed by atoms with Crippen LogP contribution < -0.4 is 0 Å². The molecule has 0 amide bonds. The second kappa shape index (κ2) is 7.96. The van der Waals surface area contributed by atoms with Crippen LogP contribution in [-0.2, 0) is 17.0 Å². The summed E-state index contributed by atoms with van der Waals surface area (Å²) in [5, 5.41) is 0.976. The molecule has 0 radical (unpaired) electrons. The van der Waals surface area contributed by atoms with Crippen LogP contribution in [0.25, 0.3) is 11.0 Å². The fourth-order valence-electron chi connectivity index (χ4n) is 2.96. The second-order valence-electron chi connectivity index (χ2n) is 6.28. The summed E-state index contributed by atoms with van der Waals surface area (Å²) in [5.41, 5.74) is 6.33. The van der Waals surface area contributed by atoms with Crippen LogP contribution in [0, 0.1) is 13.8 Å². The van der Waals surface area contributed by atoms with Gasteiger partial charge in [-0.25, -0.2) is 9.78 Å². The molecule has 0 spiro atoms. The highest BCUT2D eigenvalue weighted by Gasteiger charge is 2.14. The minimum atomic E-state index is -0.301. The van der Waals surface area contributed by atoms with E-state index in [9.17, 15) is 4.79 Å². The second-order valence-corrected chi connectivity index (χ2v) is 7.22. The molecule has 0 aliphatic heterocycles. The fourth-order valence-corrected chi connectivity index (χ4v) is 4.10. The Labute approximate surface area is 158 Å². The molecule has 26 heavy (non-hydrogen) atoms. The van der Waals surface area contributed by atoms with Gasteiger partial charge in [0.1, 0.15) is 0 Å². The van der Waals surface area contributed by atoms with Gasteiger partial charge in [-0.3, -0.25) is 0 Å². The molecule has 1 heterocycles. The van der Waals surface area contributed by atoms with Gasteiger partial charge in [0, 0.05) is 12.3 Å². The predicted molar refractivity (Wildman–Crippen MR) is 107 cm³/mol. The van der Waals surface area contributed by atoms with Gasteiger partial charge < -0.3 is 9.30 Å². The SMILES string of the molecule is CCOC(=O)c1ccc2c(c1)nc(SCc1cc(C)ccc1C)n2CC. The van der Waals surface area contributed by atoms with Crippen molar-refractivity contribution < 1.29 is 9.53 Å². The molecular weight excluding hydrogens is 344 g/mol. The van der Waals surface area contributed by atoms with Gasteiger partial charge >= 0.3 is 5.97 Å². The lowest BCUT2D eigenvalue weighted by molar-refractivity contribution is 0.0526. The van der Waals surface area contributed by atoms with Gasteiger partial charge in [0.15, 0.2) is 5.16 Å². The lowest BCUT2D eigenvalue weighted by atomic mass is 10.1. The minimum Gasteiger partial charge on any atom is -0.462 e. The summed E-state index contributed by atoms with van der Waals surface area (Å²) in [6, 6.07) is 12.1. The molecule has 5 heteroatoms. The predicted octanol–water partition coefficient (Wildman–Crippen LogP) is 5.14. The van der Waals surface area contributed by atoms with E-state index in [4.69, 9.17) is 9.72 Å². The zero-order valence-corrected chi connectivity index (χ0v) is 16.5. The quantitative estimate of drug-likeness (QED) is 0.446. The third-order valence-corrected chi connectivity index (χ3v) is 5.43. The molecule has 0 saturated heterocycles. The number of fused-ring (bicyclic) bond motifs is 1. The van der Waals surface area contributed by atoms with E-state index in [1.54, 1.807) is 11.8 Å². The van der Waals surface area contributed by atoms with Gasteiger partial charge in [-0.05, 0) is 57.0 Å². The number of esters is 1. The Morgan fingerprint density at radius 3 is 2.69 bits per heavy atom. The van der Waals surface area contributed by atoms with Crippen LogP contribution in [0.5, 0.6) is 0 Å². The molecule has 2 aromatic carbocycles. The maximum absolute atomic E-state index is 12.0. The number of nitrogens with zero attached hydrogens (tertiary/aromatic N) is 2. The maximum atomic E-state index is 12.0. The molecule has 4 nitrogen and oxygen atoms in total. The van der Waals surface area contributed by atoms with E-state index in [0.29, 0.717) is 12.2 Å². The molecule has 0 N–H and O–H groups in total. The third kappa shape index (κ3) is 3.78. The molecule has 0 fully saturated rings. The first-order valence-corrected chi connectivity index (χ1v) is 9.88. The summed E-state index contributed by atoms with van der Waals surface area (Å²) in [5.74, 6) is 0.576. The van der Waals surface area contributed by atoms with E-state index < -0.39 is 0 Å². The van der Waals surface area contributed by atoms with E-state index in [1.807, 2.05) is 25.1 Å². The summed E-state index contributed by atoms with van der Waals surface area (Å²) in [6.07, 6.45) is 0. The lowest BCUT2D eigenvalue weighted by Crippen LogP contribution is -2.04. The molecule has 3 rings (SSSR count). The molecule has 1 aromatic heterocycles. The Hall–Kier alpha value is -2.27. The van der Waals surface area contributed by atoms with E-state index in [2.05, 4.69) is 43.5 Å². The van der Waals surface area contributed by atoms with Crippen molar-refractivity contribution in [1.82, 2.24) is 9.55 Å². The van der Waals surface area contributed by atoms with Crippen molar-refractivity contribution in [3.63, 3.8) is 0 Å². The van der Waals surface area contributed by atoms with Gasteiger partial charge in [-0.2, -0.15) is 0 Å². The molecule has 0 bridgehead atoms. The van der Waals surface area contributed by atoms with Crippen LogP contribution >= 0.6 is 11.8 Å². The minimum absolute atomic E-state index is 0.301. The molecule has 136 valence electrons. The molecule has 0 saturated carbocycles. The van der Waals surface area contributed by atoms with Crippen molar-refractivity contribution in [2.75, 3.05) is 6.61 Å². The normalized spacial score (nSPS) is 11.1. The van der Waals surface area contributed by atoms with Gasteiger partial charge in [0.2, 0.25) is 0 Å². The Morgan fingerprint density at radius 1 is 1.15 bits per heavy atom. The number of hydrogen-bond donors (Lipinski definition) is 0. The van der Waals surface area contributed by atoms with Crippen LogP contribution in [-0.4, -0.2) is 22.1 Å². The number of benzene rings is 2. The fraction of sp³-hybridized carbons (Fsp3) is 0.333. The van der Waals surface area contributed by atoms with E-state index in [-0.39, 0.29) is 5.97 Å². The van der Waals surface area contributed by atoms with E-state index in [0.717, 1.165) is 28.5 Å². The van der Waals surface area contributed by atoms with Crippen LogP contribution in [0.4, 0.5) is 0 Å². The highest BCUT2D eigenvalue weighted by atomic mass is 32.2. The summed E-state index contributed by atoms with van der Waals surface area (Å²) < 4.78 is 7.29. The Kier molecular flexibility index (Phi) is 5.67. The van der Waals surface area contributed by atoms with Crippen molar-refractivity contribution in [2.45, 2.75) is 45.1 Å². The molecule has 0 aliphatic carbocycles. The smallest absolute Gasteiger partial charge is 0.338 e. The van der Waals surface area contributed by atoms with Gasteiger partial charge in [-0.1, -0.05) is 35.5 Å². The Bertz CT molecular complexity index is 947. The number of rotatable bonds is 6. The monoisotopic (exact) mass is 368 g/mol. The van der Waals surface area contributed by atoms with Crippen molar-refractivity contribution in [3.8, 4) is 0 Å². The van der Waals surface area contributed by atoms with Gasteiger partial charge in [0.25, 0.3) is 0 Å². The summed E-state index contributed by atoms with van der Waals surface area (Å²) in [7, 11) is 0. The zero-order chi connectivity index (χ0) is 18.7. The average molecular weight is 369 g/mol. The topological polar surface area (TPSA) is 44.1 Å². The van der Waals surface area contributed by atoms with Crippen LogP contribution in [0.2, 0.25) is 0 Å². The summed E-state index contributed by atoms with van der Waals surface area (Å²) in [6.45, 7) is 9.39. The van der Waals surface area contributed by atoms with E-state index in [1.165, 1.54) is 16.7 Å². The maximum Gasteiger partial charge on any atom is 0.338 e. The average Bonchev–Trinajstić information content (AvgIpc) is 2.99. The van der Waals surface area contributed by atoms with Crippen LogP contribution in [0.3, 0.4) is 0 Å². The first-order chi connectivity index (χ1) is 12.5. The Balaban J connectivity index is 1.90. The molecular formula is C21H24N2O2S. The van der Waals surface area contributed by atoms with Crippen LogP contribution in [0.15, 0.2) is 41.6 Å². The molecule has 0 aliphatic rings. The van der Waals surface area contributed by atoms with Gasteiger partial charge in [0.05, 0.1) is 23.2 Å². The summed E-state index contributed by atoms with van der Waals surface area (Å²) in [4.78, 5) is 16.7. The van der Waals surface area contributed by atoms with Crippen molar-refractivity contribution in [1.29, 1.82) is 0 Å². The van der Waals surface area contributed by atoms with Gasteiger partial charge in [-0.15, -0.1) is 0 Å². The number of hydrogen-bond acceptors (Lipinski definition) is 4. The van der Waals surface area contributed by atoms with E-state index >= 15 is 0 Å².